The molecule has 0 heterocycles. The fraction of sp³-hybridized carbons (Fsp3) is 0.250. The molecule has 0 radical (unpaired) electrons. The second-order valence-electron chi connectivity index (χ2n) is 3.48. The van der Waals surface area contributed by atoms with E-state index >= 15 is 0 Å². The number of hydrogen-bond acceptors (Lipinski definition) is 4. The van der Waals surface area contributed by atoms with E-state index in [9.17, 15) is 20.0 Å². The summed E-state index contributed by atoms with van der Waals surface area (Å²) in [5.41, 5.74) is -0.523. The summed E-state index contributed by atoms with van der Waals surface area (Å²) in [4.78, 5) is 23.5. The number of benzene rings is 1. The third-order valence-electron chi connectivity index (χ3n) is 2.36. The van der Waals surface area contributed by atoms with E-state index in [1.54, 1.807) is 6.92 Å². The summed E-state index contributed by atoms with van der Waals surface area (Å²) in [7, 11) is 0. The van der Waals surface area contributed by atoms with Crippen molar-refractivity contribution in [3.63, 3.8) is 0 Å². The van der Waals surface area contributed by atoms with E-state index < -0.39 is 10.8 Å². The molecule has 6 nitrogen and oxygen atoms in total. The SMILES string of the molecule is C#CCN(CC)C(=O)c1cc(O)ccc1[N+](=O)[O-]. The first-order valence-corrected chi connectivity index (χ1v) is 5.21. The average Bonchev–Trinajstić information content (AvgIpc) is 2.34. The third-order valence-corrected chi connectivity index (χ3v) is 2.36. The number of carbonyl (C=O) groups excluding carboxylic acids is 1. The number of carbonyl (C=O) groups is 1. The number of nitrogens with zero attached hydrogens (tertiary/aromatic N) is 2. The van der Waals surface area contributed by atoms with E-state index in [1.807, 2.05) is 0 Å². The standard InChI is InChI=1S/C12H12N2O4/c1-3-7-13(4-2)12(16)10-8-9(15)5-6-11(10)14(17)18/h1,5-6,8,15H,4,7H2,2H3. The highest BCUT2D eigenvalue weighted by Crippen LogP contribution is 2.24. The van der Waals surface area contributed by atoms with E-state index in [1.165, 1.54) is 4.90 Å². The van der Waals surface area contributed by atoms with Gasteiger partial charge in [0.2, 0.25) is 0 Å². The maximum atomic E-state index is 12.1. The predicted molar refractivity (Wildman–Crippen MR) is 65.2 cm³/mol. The Morgan fingerprint density at radius 2 is 2.28 bits per heavy atom. The van der Waals surface area contributed by atoms with Gasteiger partial charge in [0.05, 0.1) is 11.5 Å². The molecule has 0 bridgehead atoms. The van der Waals surface area contributed by atoms with Crippen molar-refractivity contribution in [2.45, 2.75) is 6.92 Å². The first kappa shape index (κ1) is 13.5. The smallest absolute Gasteiger partial charge is 0.282 e. The minimum atomic E-state index is -0.670. The number of terminal acetylenes is 1. The van der Waals surface area contributed by atoms with Crippen LogP contribution in [0.15, 0.2) is 18.2 Å². The average molecular weight is 248 g/mol. The largest absolute Gasteiger partial charge is 0.508 e. The number of phenols is 1. The highest BCUT2D eigenvalue weighted by Gasteiger charge is 2.24. The van der Waals surface area contributed by atoms with E-state index in [2.05, 4.69) is 5.92 Å². The van der Waals surface area contributed by atoms with Crippen molar-refractivity contribution in [2.75, 3.05) is 13.1 Å². The van der Waals surface area contributed by atoms with Gasteiger partial charge in [-0.1, -0.05) is 5.92 Å². The van der Waals surface area contributed by atoms with Crippen LogP contribution < -0.4 is 0 Å². The summed E-state index contributed by atoms with van der Waals surface area (Å²) < 4.78 is 0. The number of nitro groups is 1. The van der Waals surface area contributed by atoms with Crippen LogP contribution in [0.25, 0.3) is 0 Å². The van der Waals surface area contributed by atoms with Gasteiger partial charge in [0.15, 0.2) is 0 Å². The normalized spacial score (nSPS) is 9.56. The van der Waals surface area contributed by atoms with Gasteiger partial charge in [-0.3, -0.25) is 14.9 Å². The lowest BCUT2D eigenvalue weighted by Crippen LogP contribution is -2.31. The molecule has 0 aliphatic heterocycles. The van der Waals surface area contributed by atoms with Crippen molar-refractivity contribution in [1.82, 2.24) is 4.90 Å². The molecule has 1 amide bonds. The molecule has 0 fully saturated rings. The molecule has 0 spiro atoms. The number of hydrogen-bond donors (Lipinski definition) is 1. The molecule has 0 aliphatic rings. The van der Waals surface area contributed by atoms with Crippen molar-refractivity contribution in [2.24, 2.45) is 0 Å². The van der Waals surface area contributed by atoms with Crippen LogP contribution in [0, 0.1) is 22.5 Å². The highest BCUT2D eigenvalue weighted by molar-refractivity contribution is 5.98. The number of phenolic OH excluding ortho intramolecular Hbond substituents is 1. The van der Waals surface area contributed by atoms with Gasteiger partial charge in [-0.2, -0.15) is 0 Å². The molecule has 0 aromatic heterocycles. The fourth-order valence-electron chi connectivity index (χ4n) is 1.46. The van der Waals surface area contributed by atoms with Crippen LogP contribution >= 0.6 is 0 Å². The third kappa shape index (κ3) is 2.77. The first-order chi connectivity index (χ1) is 8.51. The Balaban J connectivity index is 3.22. The molecule has 1 aromatic carbocycles. The minimum Gasteiger partial charge on any atom is -0.508 e. The number of rotatable bonds is 4. The number of amides is 1. The van der Waals surface area contributed by atoms with Gasteiger partial charge in [0, 0.05) is 12.6 Å². The molecule has 0 aliphatic carbocycles. The van der Waals surface area contributed by atoms with Gasteiger partial charge in [-0.05, 0) is 19.1 Å². The molecule has 94 valence electrons. The quantitative estimate of drug-likeness (QED) is 0.496. The maximum Gasteiger partial charge on any atom is 0.282 e. The summed E-state index contributed by atoms with van der Waals surface area (Å²) in [6.45, 7) is 2.10. The molecule has 0 unspecified atom stereocenters. The molecule has 6 heteroatoms. The van der Waals surface area contributed by atoms with E-state index in [0.717, 1.165) is 18.2 Å². The van der Waals surface area contributed by atoms with Gasteiger partial charge < -0.3 is 10.0 Å². The van der Waals surface area contributed by atoms with Crippen molar-refractivity contribution in [3.05, 3.63) is 33.9 Å². The molecular formula is C12H12N2O4. The van der Waals surface area contributed by atoms with E-state index in [4.69, 9.17) is 6.42 Å². The van der Waals surface area contributed by atoms with Crippen LogP contribution in [0.4, 0.5) is 5.69 Å². The molecular weight excluding hydrogens is 236 g/mol. The van der Waals surface area contributed by atoms with Crippen molar-refractivity contribution >= 4 is 11.6 Å². The fourth-order valence-corrected chi connectivity index (χ4v) is 1.46. The van der Waals surface area contributed by atoms with Crippen molar-refractivity contribution < 1.29 is 14.8 Å². The van der Waals surface area contributed by atoms with E-state index in [-0.39, 0.29) is 23.5 Å². The van der Waals surface area contributed by atoms with Crippen LogP contribution in [-0.4, -0.2) is 33.9 Å². The summed E-state index contributed by atoms with van der Waals surface area (Å²) >= 11 is 0. The van der Waals surface area contributed by atoms with Gasteiger partial charge in [0.25, 0.3) is 11.6 Å². The lowest BCUT2D eigenvalue weighted by Gasteiger charge is -2.17. The maximum absolute atomic E-state index is 12.1. The van der Waals surface area contributed by atoms with Crippen molar-refractivity contribution in [3.8, 4) is 18.1 Å². The Labute approximate surface area is 104 Å². The summed E-state index contributed by atoms with van der Waals surface area (Å²) in [5.74, 6) is 1.53. The Morgan fingerprint density at radius 3 is 2.78 bits per heavy atom. The minimum absolute atomic E-state index is 0.0577. The molecule has 0 saturated carbocycles. The zero-order valence-electron chi connectivity index (χ0n) is 9.79. The Kier molecular flexibility index (Phi) is 4.27. The monoisotopic (exact) mass is 248 g/mol. The summed E-state index contributed by atoms with van der Waals surface area (Å²) in [5, 5.41) is 20.1. The topological polar surface area (TPSA) is 83.7 Å². The summed E-state index contributed by atoms with van der Waals surface area (Å²) in [6, 6.07) is 3.32. The first-order valence-electron chi connectivity index (χ1n) is 5.21. The van der Waals surface area contributed by atoms with Gasteiger partial charge in [-0.25, -0.2) is 0 Å². The zero-order valence-corrected chi connectivity index (χ0v) is 9.79. The second-order valence-corrected chi connectivity index (χ2v) is 3.48. The zero-order chi connectivity index (χ0) is 13.7. The van der Waals surface area contributed by atoms with Gasteiger partial charge in [-0.15, -0.1) is 6.42 Å². The van der Waals surface area contributed by atoms with Crippen LogP contribution in [0.3, 0.4) is 0 Å². The molecule has 18 heavy (non-hydrogen) atoms. The molecule has 0 atom stereocenters. The Morgan fingerprint density at radius 1 is 1.61 bits per heavy atom. The molecule has 1 rings (SSSR count). The van der Waals surface area contributed by atoms with Crippen LogP contribution in [0.2, 0.25) is 0 Å². The van der Waals surface area contributed by atoms with Crippen LogP contribution in [0.1, 0.15) is 17.3 Å². The second kappa shape index (κ2) is 5.68. The molecule has 0 saturated heterocycles. The van der Waals surface area contributed by atoms with E-state index in [0.29, 0.717) is 6.54 Å². The number of aromatic hydroxyl groups is 1. The summed E-state index contributed by atoms with van der Waals surface area (Å²) in [6.07, 6.45) is 5.12. The van der Waals surface area contributed by atoms with Gasteiger partial charge >= 0.3 is 0 Å². The van der Waals surface area contributed by atoms with Gasteiger partial charge in [0.1, 0.15) is 11.3 Å². The highest BCUT2D eigenvalue weighted by atomic mass is 16.6. The van der Waals surface area contributed by atoms with Crippen LogP contribution in [-0.2, 0) is 0 Å². The Hall–Kier alpha value is -2.55. The Bertz CT molecular complexity index is 519. The lowest BCUT2D eigenvalue weighted by atomic mass is 10.1. The molecule has 1 aromatic rings. The molecule has 1 N–H and O–H groups in total. The van der Waals surface area contributed by atoms with Crippen molar-refractivity contribution in [1.29, 1.82) is 0 Å². The van der Waals surface area contributed by atoms with Crippen LogP contribution in [0.5, 0.6) is 5.75 Å². The lowest BCUT2D eigenvalue weighted by molar-refractivity contribution is -0.385. The number of nitro benzene ring substituents is 1. The predicted octanol–water partition coefficient (Wildman–Crippen LogP) is 1.40.